The van der Waals surface area contributed by atoms with Crippen LogP contribution in [-0.4, -0.2) is 11.9 Å². The monoisotopic (exact) mass is 208 g/mol. The maximum absolute atomic E-state index is 13.2. The van der Waals surface area contributed by atoms with Crippen LogP contribution in [0.4, 0.5) is 4.39 Å². The maximum atomic E-state index is 13.2. The molecule has 4 heteroatoms. The predicted molar refractivity (Wildman–Crippen MR) is 49.6 cm³/mol. The zero-order chi connectivity index (χ0) is 11.0. The summed E-state index contributed by atoms with van der Waals surface area (Å²) in [4.78, 5) is 22.1. The van der Waals surface area contributed by atoms with Gasteiger partial charge in [-0.1, -0.05) is 12.1 Å². The number of rotatable bonds is 1. The van der Waals surface area contributed by atoms with Crippen LogP contribution >= 0.6 is 0 Å². The van der Waals surface area contributed by atoms with Crippen molar-refractivity contribution in [2.75, 3.05) is 0 Å². The number of halogens is 1. The first-order valence-electron chi connectivity index (χ1n) is 4.58. The van der Waals surface area contributed by atoms with Crippen molar-refractivity contribution in [3.8, 4) is 0 Å². The van der Waals surface area contributed by atoms with Crippen LogP contribution in [0.3, 0.4) is 0 Å². The smallest absolute Gasteiger partial charge is 0.321 e. The van der Waals surface area contributed by atoms with Crippen molar-refractivity contribution >= 4 is 11.9 Å². The molecule has 0 aliphatic carbocycles. The van der Waals surface area contributed by atoms with Crippen molar-refractivity contribution in [2.24, 2.45) is 0 Å². The minimum Gasteiger partial charge on any atom is -0.393 e. The van der Waals surface area contributed by atoms with Crippen LogP contribution in [-0.2, 0) is 14.3 Å². The maximum Gasteiger partial charge on any atom is 0.321 e. The summed E-state index contributed by atoms with van der Waals surface area (Å²) in [6.45, 7) is 1.64. The number of esters is 2. The summed E-state index contributed by atoms with van der Waals surface area (Å²) in [6.07, 6.45) is 0.00132. The van der Waals surface area contributed by atoms with Crippen LogP contribution in [0.15, 0.2) is 18.2 Å². The van der Waals surface area contributed by atoms with Gasteiger partial charge < -0.3 is 4.74 Å². The van der Waals surface area contributed by atoms with Crippen molar-refractivity contribution in [3.05, 3.63) is 35.1 Å². The van der Waals surface area contributed by atoms with E-state index in [-0.39, 0.29) is 12.2 Å². The Kier molecular flexibility index (Phi) is 2.26. The highest BCUT2D eigenvalue weighted by atomic mass is 19.1. The first kappa shape index (κ1) is 9.83. The van der Waals surface area contributed by atoms with Gasteiger partial charge in [0.15, 0.2) is 0 Å². The van der Waals surface area contributed by atoms with E-state index in [0.717, 1.165) is 0 Å². The largest absolute Gasteiger partial charge is 0.393 e. The average molecular weight is 208 g/mol. The van der Waals surface area contributed by atoms with E-state index >= 15 is 0 Å². The minimum absolute atomic E-state index is 0.00132. The Morgan fingerprint density at radius 1 is 1.40 bits per heavy atom. The molecule has 0 saturated carbocycles. The van der Waals surface area contributed by atoms with E-state index in [1.807, 2.05) is 0 Å². The van der Waals surface area contributed by atoms with Gasteiger partial charge in [-0.2, -0.15) is 0 Å². The van der Waals surface area contributed by atoms with Crippen LogP contribution in [0.2, 0.25) is 0 Å². The third kappa shape index (κ3) is 1.75. The van der Waals surface area contributed by atoms with Gasteiger partial charge >= 0.3 is 11.9 Å². The fourth-order valence-corrected chi connectivity index (χ4v) is 1.55. The van der Waals surface area contributed by atoms with Gasteiger partial charge in [0.05, 0.1) is 12.3 Å². The van der Waals surface area contributed by atoms with Crippen LogP contribution in [0, 0.1) is 12.7 Å². The summed E-state index contributed by atoms with van der Waals surface area (Å²) >= 11 is 0. The molecule has 0 bridgehead atoms. The number of benzene rings is 1. The second kappa shape index (κ2) is 3.46. The Hall–Kier alpha value is -1.71. The van der Waals surface area contributed by atoms with Crippen LogP contribution in [0.25, 0.3) is 0 Å². The van der Waals surface area contributed by atoms with Crippen LogP contribution in [0.1, 0.15) is 23.5 Å². The Labute approximate surface area is 85.9 Å². The number of cyclic esters (lactones) is 2. The first-order valence-corrected chi connectivity index (χ1v) is 4.58. The molecule has 1 aromatic carbocycles. The normalized spacial score (nSPS) is 20.5. The van der Waals surface area contributed by atoms with Gasteiger partial charge in [0, 0.05) is 0 Å². The second-order valence-corrected chi connectivity index (χ2v) is 3.56. The van der Waals surface area contributed by atoms with Crippen LogP contribution in [0.5, 0.6) is 0 Å². The lowest BCUT2D eigenvalue weighted by Crippen LogP contribution is -2.06. The van der Waals surface area contributed by atoms with E-state index in [4.69, 9.17) is 0 Å². The lowest BCUT2D eigenvalue weighted by Gasteiger charge is -2.05. The van der Waals surface area contributed by atoms with E-state index in [0.29, 0.717) is 11.1 Å². The van der Waals surface area contributed by atoms with Gasteiger partial charge in [0.25, 0.3) is 0 Å². The summed E-state index contributed by atoms with van der Waals surface area (Å²) in [5.74, 6) is -2.17. The van der Waals surface area contributed by atoms with Crippen molar-refractivity contribution < 1.29 is 18.7 Å². The van der Waals surface area contributed by atoms with Crippen molar-refractivity contribution in [2.45, 2.75) is 19.3 Å². The molecule has 0 radical (unpaired) electrons. The van der Waals surface area contributed by atoms with E-state index in [2.05, 4.69) is 4.74 Å². The second-order valence-electron chi connectivity index (χ2n) is 3.56. The third-order valence-electron chi connectivity index (χ3n) is 2.47. The average Bonchev–Trinajstić information content (AvgIpc) is 2.50. The molecule has 1 heterocycles. The number of carbonyl (C=O) groups excluding carboxylic acids is 2. The Morgan fingerprint density at radius 3 is 2.67 bits per heavy atom. The molecule has 1 fully saturated rings. The summed E-state index contributed by atoms with van der Waals surface area (Å²) in [7, 11) is 0. The van der Waals surface area contributed by atoms with Gasteiger partial charge in [-0.3, -0.25) is 9.59 Å². The molecule has 78 valence electrons. The number of ether oxygens (including phenoxy) is 1. The molecular formula is C11H9FO3. The molecule has 1 aliphatic heterocycles. The molecule has 2 rings (SSSR count). The van der Waals surface area contributed by atoms with E-state index in [1.54, 1.807) is 19.1 Å². The molecule has 0 N–H and O–H groups in total. The molecule has 1 aromatic rings. The SMILES string of the molecule is Cc1ccc(C2CC(=O)OC2=O)cc1F. The summed E-state index contributed by atoms with van der Waals surface area (Å²) < 4.78 is 17.6. The van der Waals surface area contributed by atoms with Crippen LogP contribution < -0.4 is 0 Å². The zero-order valence-electron chi connectivity index (χ0n) is 8.12. The molecule has 3 nitrogen and oxygen atoms in total. The van der Waals surface area contributed by atoms with Gasteiger partial charge in [0.2, 0.25) is 0 Å². The predicted octanol–water partition coefficient (Wildman–Crippen LogP) is 1.69. The number of hydrogen-bond donors (Lipinski definition) is 0. The van der Waals surface area contributed by atoms with E-state index in [9.17, 15) is 14.0 Å². The third-order valence-corrected chi connectivity index (χ3v) is 2.47. The van der Waals surface area contributed by atoms with Gasteiger partial charge in [-0.05, 0) is 24.1 Å². The fourth-order valence-electron chi connectivity index (χ4n) is 1.55. The zero-order valence-corrected chi connectivity index (χ0v) is 8.12. The van der Waals surface area contributed by atoms with E-state index in [1.165, 1.54) is 6.07 Å². The highest BCUT2D eigenvalue weighted by molar-refractivity contribution is 5.97. The van der Waals surface area contributed by atoms with Gasteiger partial charge in [-0.25, -0.2) is 4.39 Å². The lowest BCUT2D eigenvalue weighted by atomic mass is 9.96. The van der Waals surface area contributed by atoms with Crippen molar-refractivity contribution in [1.82, 2.24) is 0 Å². The quantitative estimate of drug-likeness (QED) is 0.521. The highest BCUT2D eigenvalue weighted by Gasteiger charge is 2.34. The molecule has 1 aliphatic rings. The minimum atomic E-state index is -0.646. The van der Waals surface area contributed by atoms with Gasteiger partial charge in [-0.15, -0.1) is 0 Å². The van der Waals surface area contributed by atoms with Crippen molar-refractivity contribution in [1.29, 1.82) is 0 Å². The molecule has 1 saturated heterocycles. The van der Waals surface area contributed by atoms with Gasteiger partial charge in [0.1, 0.15) is 5.82 Å². The Balaban J connectivity index is 2.34. The standard InChI is InChI=1S/C11H9FO3/c1-6-2-3-7(4-9(6)12)8-5-10(13)15-11(8)14/h2-4,8H,5H2,1H3. The first-order chi connectivity index (χ1) is 7.08. The number of hydrogen-bond acceptors (Lipinski definition) is 3. The Morgan fingerprint density at radius 2 is 2.13 bits per heavy atom. The summed E-state index contributed by atoms with van der Waals surface area (Å²) in [5.41, 5.74) is 1.00. The topological polar surface area (TPSA) is 43.4 Å². The molecule has 0 amide bonds. The lowest BCUT2D eigenvalue weighted by molar-refractivity contribution is -0.152. The Bertz CT molecular complexity index is 439. The van der Waals surface area contributed by atoms with Crippen molar-refractivity contribution in [3.63, 3.8) is 0 Å². The summed E-state index contributed by atoms with van der Waals surface area (Å²) in [5, 5.41) is 0. The fraction of sp³-hybridized carbons (Fsp3) is 0.273. The molecule has 0 aromatic heterocycles. The molecular weight excluding hydrogens is 199 g/mol. The molecule has 15 heavy (non-hydrogen) atoms. The number of carbonyl (C=O) groups is 2. The van der Waals surface area contributed by atoms with E-state index < -0.39 is 17.9 Å². The molecule has 1 unspecified atom stereocenters. The molecule has 1 atom stereocenters. The summed E-state index contributed by atoms with van der Waals surface area (Å²) in [6, 6.07) is 4.50. The number of aryl methyl sites for hydroxylation is 1. The molecule has 0 spiro atoms. The highest BCUT2D eigenvalue weighted by Crippen LogP contribution is 2.28.